The van der Waals surface area contributed by atoms with Crippen molar-refractivity contribution in [3.63, 3.8) is 0 Å². The van der Waals surface area contributed by atoms with E-state index in [1.54, 1.807) is 11.3 Å². The third-order valence-electron chi connectivity index (χ3n) is 3.03. The predicted octanol–water partition coefficient (Wildman–Crippen LogP) is 4.50. The molecule has 0 aromatic carbocycles. The van der Waals surface area contributed by atoms with Gasteiger partial charge in [0, 0.05) is 4.88 Å². The molecule has 1 nitrogen and oxygen atoms in total. The van der Waals surface area contributed by atoms with Gasteiger partial charge in [0.15, 0.2) is 0 Å². The van der Waals surface area contributed by atoms with Gasteiger partial charge in [-0.3, -0.25) is 0 Å². The van der Waals surface area contributed by atoms with E-state index < -0.39 is 0 Å². The van der Waals surface area contributed by atoms with Crippen LogP contribution in [0.2, 0.25) is 0 Å². The summed E-state index contributed by atoms with van der Waals surface area (Å²) in [5.41, 5.74) is 1.25. The zero-order chi connectivity index (χ0) is 11.7. The maximum Gasteiger partial charge on any atom is 0.125 e. The fraction of sp³-hybridized carbons (Fsp3) is 0.286. The summed E-state index contributed by atoms with van der Waals surface area (Å²) in [4.78, 5) is 2.04. The minimum absolute atomic E-state index is 0.151. The molecule has 1 heterocycles. The number of thiophene rings is 1. The van der Waals surface area contributed by atoms with E-state index in [2.05, 4.69) is 38.7 Å². The largest absolute Gasteiger partial charge is 0.507 e. The quantitative estimate of drug-likeness (QED) is 0.744. The predicted molar refractivity (Wildman–Crippen MR) is 71.4 cm³/mol. The first-order chi connectivity index (χ1) is 7.58. The van der Waals surface area contributed by atoms with Crippen LogP contribution in [0.4, 0.5) is 0 Å². The van der Waals surface area contributed by atoms with Crippen LogP contribution >= 0.6 is 11.3 Å². The summed E-state index contributed by atoms with van der Waals surface area (Å²) in [5.74, 6) is 1.33. The van der Waals surface area contributed by atoms with Crippen molar-refractivity contribution in [2.75, 3.05) is 0 Å². The molecule has 0 amide bonds. The highest BCUT2D eigenvalue weighted by molar-refractivity contribution is 7.14. The average Bonchev–Trinajstić information content (AvgIpc) is 2.71. The molecule has 84 valence electrons. The molecule has 1 aromatic heterocycles. The summed E-state index contributed by atoms with van der Waals surface area (Å²) in [5, 5.41) is 9.31. The van der Waals surface area contributed by atoms with Crippen LogP contribution in [0.5, 0.6) is 0 Å². The summed E-state index contributed by atoms with van der Waals surface area (Å²) in [6.45, 7) is 8.00. The number of rotatable bonds is 2. The summed E-state index contributed by atoms with van der Waals surface area (Å²) in [6.07, 6.45) is 6.70. The minimum atomic E-state index is 0.151. The summed E-state index contributed by atoms with van der Waals surface area (Å²) in [7, 11) is 0. The first kappa shape index (κ1) is 11.2. The molecule has 0 fully saturated rings. The highest BCUT2D eigenvalue weighted by Crippen LogP contribution is 2.33. The standard InChI is InChI=1S/C14H16OS/c1-9-4-5-12(8-10(9)2)14-7-6-13(16-14)11(3)15/h4-10,15H,3H2,1-2H3. The van der Waals surface area contributed by atoms with Crippen LogP contribution in [0.15, 0.2) is 36.9 Å². The molecular formula is C14H16OS. The van der Waals surface area contributed by atoms with E-state index in [-0.39, 0.29) is 5.76 Å². The highest BCUT2D eigenvalue weighted by Gasteiger charge is 2.14. The Morgan fingerprint density at radius 3 is 2.62 bits per heavy atom. The summed E-state index contributed by atoms with van der Waals surface area (Å²) < 4.78 is 0. The van der Waals surface area contributed by atoms with E-state index in [1.165, 1.54) is 10.5 Å². The third-order valence-corrected chi connectivity index (χ3v) is 4.21. The van der Waals surface area contributed by atoms with E-state index in [9.17, 15) is 5.11 Å². The molecule has 2 unspecified atom stereocenters. The Balaban J connectivity index is 2.28. The van der Waals surface area contributed by atoms with Crippen molar-refractivity contribution >= 4 is 22.7 Å². The molecule has 16 heavy (non-hydrogen) atoms. The minimum Gasteiger partial charge on any atom is -0.507 e. The molecule has 0 spiro atoms. The van der Waals surface area contributed by atoms with E-state index in [0.29, 0.717) is 11.8 Å². The fourth-order valence-corrected chi connectivity index (χ4v) is 2.61. The van der Waals surface area contributed by atoms with Gasteiger partial charge in [-0.15, -0.1) is 11.3 Å². The molecule has 1 N–H and O–H groups in total. The molecule has 0 aliphatic heterocycles. The smallest absolute Gasteiger partial charge is 0.125 e. The molecule has 2 heteroatoms. The van der Waals surface area contributed by atoms with Crippen LogP contribution in [-0.4, -0.2) is 5.11 Å². The Morgan fingerprint density at radius 2 is 2.06 bits per heavy atom. The fourth-order valence-electron chi connectivity index (χ4n) is 1.73. The van der Waals surface area contributed by atoms with Gasteiger partial charge in [0.05, 0.1) is 4.88 Å². The van der Waals surface area contributed by atoms with Gasteiger partial charge in [-0.25, -0.2) is 0 Å². The van der Waals surface area contributed by atoms with Gasteiger partial charge in [-0.05, 0) is 29.5 Å². The van der Waals surface area contributed by atoms with Crippen LogP contribution in [0.1, 0.15) is 23.6 Å². The molecule has 2 rings (SSSR count). The van der Waals surface area contributed by atoms with Crippen LogP contribution in [0, 0.1) is 11.8 Å². The molecule has 0 saturated carbocycles. The Bertz CT molecular complexity index is 465. The lowest BCUT2D eigenvalue weighted by Crippen LogP contribution is -2.05. The van der Waals surface area contributed by atoms with Gasteiger partial charge in [0.25, 0.3) is 0 Å². The molecule has 0 bridgehead atoms. The second kappa shape index (κ2) is 4.30. The third kappa shape index (κ3) is 2.12. The van der Waals surface area contributed by atoms with E-state index in [4.69, 9.17) is 0 Å². The average molecular weight is 232 g/mol. The van der Waals surface area contributed by atoms with Crippen molar-refractivity contribution < 1.29 is 5.11 Å². The normalized spacial score (nSPS) is 24.2. The monoisotopic (exact) mass is 232 g/mol. The molecule has 2 atom stereocenters. The number of aliphatic hydroxyl groups is 1. The van der Waals surface area contributed by atoms with E-state index in [0.717, 1.165) is 4.88 Å². The molecule has 0 radical (unpaired) electrons. The topological polar surface area (TPSA) is 20.2 Å². The maximum atomic E-state index is 9.31. The van der Waals surface area contributed by atoms with Crippen LogP contribution in [-0.2, 0) is 0 Å². The van der Waals surface area contributed by atoms with Gasteiger partial charge >= 0.3 is 0 Å². The zero-order valence-corrected chi connectivity index (χ0v) is 10.4. The lowest BCUT2D eigenvalue weighted by molar-refractivity contribution is 0.516. The van der Waals surface area contributed by atoms with Crippen molar-refractivity contribution in [1.29, 1.82) is 0 Å². The summed E-state index contributed by atoms with van der Waals surface area (Å²) in [6, 6.07) is 3.96. The van der Waals surface area contributed by atoms with Crippen molar-refractivity contribution in [2.45, 2.75) is 13.8 Å². The number of hydrogen-bond acceptors (Lipinski definition) is 2. The molecule has 1 aliphatic rings. The van der Waals surface area contributed by atoms with Crippen molar-refractivity contribution in [3.8, 4) is 0 Å². The Labute approximate surface area is 100 Å². The Hall–Kier alpha value is -1.28. The molecule has 0 saturated heterocycles. The first-order valence-electron chi connectivity index (χ1n) is 5.46. The van der Waals surface area contributed by atoms with Gasteiger partial charge in [-0.1, -0.05) is 38.7 Å². The first-order valence-corrected chi connectivity index (χ1v) is 6.28. The van der Waals surface area contributed by atoms with E-state index >= 15 is 0 Å². The van der Waals surface area contributed by atoms with Crippen LogP contribution in [0.3, 0.4) is 0 Å². The number of allylic oxidation sites excluding steroid dienone is 4. The van der Waals surface area contributed by atoms with Gasteiger partial charge in [0.1, 0.15) is 5.76 Å². The zero-order valence-electron chi connectivity index (χ0n) is 9.60. The van der Waals surface area contributed by atoms with Gasteiger partial charge < -0.3 is 5.11 Å². The van der Waals surface area contributed by atoms with Crippen LogP contribution in [0.25, 0.3) is 11.3 Å². The summed E-state index contributed by atoms with van der Waals surface area (Å²) >= 11 is 1.58. The Morgan fingerprint density at radius 1 is 1.31 bits per heavy atom. The maximum absolute atomic E-state index is 9.31. The highest BCUT2D eigenvalue weighted by atomic mass is 32.1. The van der Waals surface area contributed by atoms with Crippen molar-refractivity contribution in [2.24, 2.45) is 11.8 Å². The molecule has 1 aliphatic carbocycles. The number of hydrogen-bond donors (Lipinski definition) is 1. The Kier molecular flexibility index (Phi) is 3.01. The van der Waals surface area contributed by atoms with Crippen LogP contribution < -0.4 is 0 Å². The molecular weight excluding hydrogens is 216 g/mol. The lowest BCUT2D eigenvalue weighted by Gasteiger charge is -2.18. The van der Waals surface area contributed by atoms with E-state index in [1.807, 2.05) is 12.1 Å². The second-order valence-corrected chi connectivity index (χ2v) is 5.39. The number of aliphatic hydroxyl groups excluding tert-OH is 1. The second-order valence-electron chi connectivity index (χ2n) is 4.31. The SMILES string of the molecule is C=C(O)c1ccc(C2=CC(C)C(C)C=C2)s1. The van der Waals surface area contributed by atoms with Crippen molar-refractivity contribution in [1.82, 2.24) is 0 Å². The lowest BCUT2D eigenvalue weighted by atomic mass is 9.88. The van der Waals surface area contributed by atoms with Crippen molar-refractivity contribution in [3.05, 3.63) is 46.7 Å². The van der Waals surface area contributed by atoms with Gasteiger partial charge in [0.2, 0.25) is 0 Å². The van der Waals surface area contributed by atoms with Gasteiger partial charge in [-0.2, -0.15) is 0 Å². The molecule has 1 aromatic rings.